The largest absolute Gasteiger partial charge is 0.329 e. The first kappa shape index (κ1) is 22.8. The molecule has 3 N–H and O–H groups in total. The molecule has 1 fully saturated rings. The van der Waals surface area contributed by atoms with Gasteiger partial charge < -0.3 is 5.73 Å². The average molecular weight is 432 g/mol. The molecule has 11 heteroatoms. The van der Waals surface area contributed by atoms with Gasteiger partial charge in [-0.25, -0.2) is 21.6 Å². The number of nitrogens with one attached hydrogen (secondary N) is 1. The quantitative estimate of drug-likeness (QED) is 0.641. The van der Waals surface area contributed by atoms with E-state index < -0.39 is 20.0 Å². The Morgan fingerprint density at radius 2 is 2.00 bits per heavy atom. The van der Waals surface area contributed by atoms with Crippen LogP contribution in [0.2, 0.25) is 0 Å². The molecule has 1 unspecified atom stereocenters. The lowest BCUT2D eigenvalue weighted by Gasteiger charge is -2.33. The van der Waals surface area contributed by atoms with Crippen molar-refractivity contribution in [2.24, 2.45) is 5.73 Å². The van der Waals surface area contributed by atoms with Gasteiger partial charge in [-0.05, 0) is 38.3 Å². The molecular weight excluding hydrogens is 406 g/mol. The Balaban J connectivity index is 0.00000312. The number of nitrogens with zero attached hydrogens (tertiary/aromatic N) is 1. The summed E-state index contributed by atoms with van der Waals surface area (Å²) in [5, 5.41) is 0. The predicted molar refractivity (Wildman–Crippen MR) is 103 cm³/mol. The summed E-state index contributed by atoms with van der Waals surface area (Å²) in [6, 6.07) is 3.22. The summed E-state index contributed by atoms with van der Waals surface area (Å²) in [6.07, 6.45) is 3.13. The molecule has 0 spiro atoms. The molecule has 0 aliphatic carbocycles. The van der Waals surface area contributed by atoms with E-state index in [4.69, 9.17) is 5.73 Å². The summed E-state index contributed by atoms with van der Waals surface area (Å²) < 4.78 is 52.8. The lowest BCUT2D eigenvalue weighted by Crippen LogP contribution is -2.47. The van der Waals surface area contributed by atoms with E-state index in [9.17, 15) is 16.8 Å². The number of rotatable bonds is 8. The third-order valence-corrected chi connectivity index (χ3v) is 9.09. The molecule has 2 rings (SSSR count). The Kier molecular flexibility index (Phi) is 8.79. The van der Waals surface area contributed by atoms with Crippen molar-refractivity contribution in [1.82, 2.24) is 9.03 Å². The van der Waals surface area contributed by atoms with Crippen molar-refractivity contribution in [3.63, 3.8) is 0 Å². The van der Waals surface area contributed by atoms with Gasteiger partial charge in [0.1, 0.15) is 4.21 Å². The van der Waals surface area contributed by atoms with E-state index in [0.717, 1.165) is 24.1 Å². The van der Waals surface area contributed by atoms with Gasteiger partial charge in [0.05, 0.1) is 5.75 Å². The first-order valence-electron chi connectivity index (χ1n) is 8.08. The third-order valence-electron chi connectivity index (χ3n) is 4.12. The van der Waals surface area contributed by atoms with Crippen LogP contribution >= 0.6 is 23.7 Å². The number of hydrogen-bond donors (Lipinski definition) is 2. The molecular formula is C14H26ClN3O4S3. The molecule has 0 amide bonds. The first-order valence-corrected chi connectivity index (χ1v) is 12.0. The Morgan fingerprint density at radius 1 is 1.28 bits per heavy atom. The Labute approximate surface area is 160 Å². The highest BCUT2D eigenvalue weighted by molar-refractivity contribution is 7.91. The summed E-state index contributed by atoms with van der Waals surface area (Å²) in [7, 11) is -6.75. The van der Waals surface area contributed by atoms with Gasteiger partial charge in [0.2, 0.25) is 10.0 Å². The van der Waals surface area contributed by atoms with Crippen LogP contribution in [0.25, 0.3) is 0 Å². The maximum Gasteiger partial charge on any atom is 0.252 e. The summed E-state index contributed by atoms with van der Waals surface area (Å²) in [5.41, 5.74) is 5.73. The maximum atomic E-state index is 12.8. The minimum absolute atomic E-state index is 0. The van der Waals surface area contributed by atoms with Gasteiger partial charge >= 0.3 is 0 Å². The topological polar surface area (TPSA) is 110 Å². The van der Waals surface area contributed by atoms with Crippen LogP contribution < -0.4 is 10.5 Å². The molecule has 146 valence electrons. The second-order valence-electron chi connectivity index (χ2n) is 5.77. The minimum Gasteiger partial charge on any atom is -0.329 e. The van der Waals surface area contributed by atoms with E-state index in [0.29, 0.717) is 23.7 Å². The van der Waals surface area contributed by atoms with Gasteiger partial charge in [-0.1, -0.05) is 6.42 Å². The number of piperidine rings is 1. The van der Waals surface area contributed by atoms with E-state index in [-0.39, 0.29) is 30.7 Å². The van der Waals surface area contributed by atoms with Crippen molar-refractivity contribution in [3.05, 3.63) is 17.0 Å². The highest BCUT2D eigenvalue weighted by Gasteiger charge is 2.33. The molecule has 2 heterocycles. The van der Waals surface area contributed by atoms with Crippen molar-refractivity contribution < 1.29 is 16.8 Å². The van der Waals surface area contributed by atoms with Crippen molar-refractivity contribution >= 4 is 43.8 Å². The predicted octanol–water partition coefficient (Wildman–Crippen LogP) is 1.15. The molecule has 1 atom stereocenters. The van der Waals surface area contributed by atoms with Crippen molar-refractivity contribution in [2.75, 3.05) is 25.4 Å². The molecule has 0 aromatic carbocycles. The minimum atomic E-state index is -3.53. The lowest BCUT2D eigenvalue weighted by atomic mass is 10.1. The number of thiophene rings is 1. The van der Waals surface area contributed by atoms with E-state index >= 15 is 0 Å². The van der Waals surface area contributed by atoms with Gasteiger partial charge in [0.15, 0.2) is 0 Å². The van der Waals surface area contributed by atoms with Crippen LogP contribution in [0, 0.1) is 0 Å². The van der Waals surface area contributed by atoms with Crippen molar-refractivity contribution in [1.29, 1.82) is 0 Å². The summed E-state index contributed by atoms with van der Waals surface area (Å²) >= 11 is 1.20. The standard InChI is InChI=1S/C14H25N3O4S3.ClH/c1-2-23(18,19)16-9-8-13-6-7-14(22-13)24(20,21)17-10-4-3-5-12(17)11-15;/h6-7,12,16H,2-5,8-11,15H2,1H3;1H. The third kappa shape index (κ3) is 5.88. The fraction of sp³-hybridized carbons (Fsp3) is 0.714. The fourth-order valence-corrected chi connectivity index (χ4v) is 6.51. The van der Waals surface area contributed by atoms with E-state index in [1.54, 1.807) is 19.1 Å². The van der Waals surface area contributed by atoms with E-state index in [1.807, 2.05) is 0 Å². The molecule has 7 nitrogen and oxygen atoms in total. The molecule has 1 aromatic rings. The summed E-state index contributed by atoms with van der Waals surface area (Å²) in [4.78, 5) is 0.841. The number of nitrogens with two attached hydrogens (primary N) is 1. The Hall–Kier alpha value is -0.230. The summed E-state index contributed by atoms with van der Waals surface area (Å²) in [5.74, 6) is 0.0342. The Morgan fingerprint density at radius 3 is 2.64 bits per heavy atom. The second kappa shape index (κ2) is 9.63. The van der Waals surface area contributed by atoms with Crippen LogP contribution in [0.3, 0.4) is 0 Å². The normalized spacial score (nSPS) is 19.5. The molecule has 1 aliphatic heterocycles. The van der Waals surface area contributed by atoms with Crippen LogP contribution in [0.5, 0.6) is 0 Å². The highest BCUT2D eigenvalue weighted by atomic mass is 35.5. The van der Waals surface area contributed by atoms with Crippen LogP contribution in [0.1, 0.15) is 31.1 Å². The van der Waals surface area contributed by atoms with Crippen LogP contribution in [-0.2, 0) is 26.5 Å². The smallest absolute Gasteiger partial charge is 0.252 e. The van der Waals surface area contributed by atoms with Gasteiger partial charge in [-0.2, -0.15) is 4.31 Å². The van der Waals surface area contributed by atoms with E-state index in [1.165, 1.54) is 15.6 Å². The number of sulfonamides is 2. The molecule has 0 saturated carbocycles. The van der Waals surface area contributed by atoms with Crippen molar-refractivity contribution in [2.45, 2.75) is 42.9 Å². The maximum absolute atomic E-state index is 12.8. The lowest BCUT2D eigenvalue weighted by molar-refractivity contribution is 0.258. The molecule has 0 bridgehead atoms. The van der Waals surface area contributed by atoms with Crippen molar-refractivity contribution in [3.8, 4) is 0 Å². The molecule has 1 aliphatic rings. The zero-order valence-electron chi connectivity index (χ0n) is 14.2. The SMILES string of the molecule is CCS(=O)(=O)NCCc1ccc(S(=O)(=O)N2CCCCC2CN)s1.Cl. The van der Waals surface area contributed by atoms with Gasteiger partial charge in [-0.15, -0.1) is 23.7 Å². The number of hydrogen-bond acceptors (Lipinski definition) is 6. The number of halogens is 1. The zero-order valence-corrected chi connectivity index (χ0v) is 17.4. The van der Waals surface area contributed by atoms with Gasteiger partial charge in [0, 0.05) is 30.6 Å². The summed E-state index contributed by atoms with van der Waals surface area (Å²) in [6.45, 7) is 2.68. The average Bonchev–Trinajstić information content (AvgIpc) is 3.04. The molecule has 1 aromatic heterocycles. The second-order valence-corrected chi connectivity index (χ2v) is 11.2. The molecule has 1 saturated heterocycles. The van der Waals surface area contributed by atoms with Gasteiger partial charge in [0.25, 0.3) is 10.0 Å². The van der Waals surface area contributed by atoms with Crippen LogP contribution in [-0.4, -0.2) is 52.6 Å². The van der Waals surface area contributed by atoms with Crippen LogP contribution in [0.15, 0.2) is 16.3 Å². The molecule has 0 radical (unpaired) electrons. The van der Waals surface area contributed by atoms with E-state index in [2.05, 4.69) is 4.72 Å². The monoisotopic (exact) mass is 431 g/mol. The van der Waals surface area contributed by atoms with Crippen LogP contribution in [0.4, 0.5) is 0 Å². The fourth-order valence-electron chi connectivity index (χ4n) is 2.70. The first-order chi connectivity index (χ1) is 11.3. The Bertz CT molecular complexity index is 749. The van der Waals surface area contributed by atoms with Gasteiger partial charge in [-0.3, -0.25) is 0 Å². The molecule has 25 heavy (non-hydrogen) atoms. The highest BCUT2D eigenvalue weighted by Crippen LogP contribution is 2.29. The zero-order chi connectivity index (χ0) is 17.8.